The Bertz CT molecular complexity index is 828. The van der Waals surface area contributed by atoms with Gasteiger partial charge in [0.25, 0.3) is 0 Å². The molecule has 0 unspecified atom stereocenters. The van der Waals surface area contributed by atoms with Gasteiger partial charge in [0.1, 0.15) is 10.1 Å². The molecule has 192 valence electrons. The molecule has 0 aliphatic carbocycles. The second-order valence-corrected chi connectivity index (χ2v) is 14.0. The third-order valence-electron chi connectivity index (χ3n) is 4.52. The first-order valence-corrected chi connectivity index (χ1v) is 16.0. The minimum absolute atomic E-state index is 0.0289. The van der Waals surface area contributed by atoms with Crippen LogP contribution in [0.5, 0.6) is 0 Å². The van der Waals surface area contributed by atoms with Crippen molar-refractivity contribution in [2.24, 2.45) is 0 Å². The van der Waals surface area contributed by atoms with Gasteiger partial charge in [0.05, 0.1) is 0 Å². The lowest BCUT2D eigenvalue weighted by Gasteiger charge is -2.37. The third-order valence-corrected chi connectivity index (χ3v) is 9.05. The molecule has 0 bridgehead atoms. The van der Waals surface area contributed by atoms with Crippen LogP contribution >= 0.6 is 43.2 Å². The van der Waals surface area contributed by atoms with E-state index in [-0.39, 0.29) is 22.9 Å². The first-order chi connectivity index (χ1) is 16.7. The Morgan fingerprint density at radius 1 is 0.743 bits per heavy atom. The highest BCUT2D eigenvalue weighted by Crippen LogP contribution is 2.30. The van der Waals surface area contributed by atoms with Crippen LogP contribution in [0.1, 0.15) is 40.5 Å². The Morgan fingerprint density at radius 3 is 1.54 bits per heavy atom. The molecule has 2 aromatic rings. The Labute approximate surface area is 224 Å². The average Bonchev–Trinajstić information content (AvgIpc) is 2.83. The molecule has 2 rings (SSSR count). The molecule has 0 spiro atoms. The second-order valence-electron chi connectivity index (χ2n) is 9.09. The number of aromatic nitrogens is 2. The quantitative estimate of drug-likeness (QED) is 0.200. The number of nitrogens with one attached hydrogen (secondary N) is 3. The summed E-state index contributed by atoms with van der Waals surface area (Å²) in [5, 5.41) is 11.5. The molecule has 0 fully saturated rings. The van der Waals surface area contributed by atoms with Crippen LogP contribution in [0.4, 0.5) is 0 Å². The first-order valence-electron chi connectivity index (χ1n) is 11.4. The molecule has 11 heteroatoms. The van der Waals surface area contributed by atoms with Crippen LogP contribution in [-0.4, -0.2) is 57.5 Å². The van der Waals surface area contributed by atoms with Gasteiger partial charge in [-0.2, -0.15) is 0 Å². The third kappa shape index (κ3) is 14.1. The number of amides is 2. The maximum atomic E-state index is 12.3. The van der Waals surface area contributed by atoms with E-state index in [1.807, 2.05) is 64.1 Å². The normalized spacial score (nSPS) is 11.8. The molecule has 2 amide bonds. The fourth-order valence-corrected chi connectivity index (χ4v) is 6.82. The standard InChI is InChI=1S/C24H35N5O2S4/c1-23(2,17-27-19(30)11-15-32-34-21-9-5-7-13-25-21)29-24(3,4)18-28-20(31)12-16-33-35-22-10-6-8-14-26-22/h5-10,13-14,29H,11-12,15-18H2,1-4H3,(H,27,30)(H,28,31). The van der Waals surface area contributed by atoms with Gasteiger partial charge in [-0.15, -0.1) is 0 Å². The number of hydrogen-bond acceptors (Lipinski definition) is 9. The maximum Gasteiger partial charge on any atom is 0.220 e. The minimum atomic E-state index is -0.324. The molecular formula is C24H35N5O2S4. The largest absolute Gasteiger partial charge is 0.354 e. The smallest absolute Gasteiger partial charge is 0.220 e. The van der Waals surface area contributed by atoms with Gasteiger partial charge < -0.3 is 16.0 Å². The number of carbonyl (C=O) groups is 2. The molecule has 7 nitrogen and oxygen atoms in total. The van der Waals surface area contributed by atoms with E-state index in [1.54, 1.807) is 55.6 Å². The highest BCUT2D eigenvalue weighted by atomic mass is 33.1. The van der Waals surface area contributed by atoms with Crippen molar-refractivity contribution >= 4 is 55.0 Å². The fourth-order valence-electron chi connectivity index (χ4n) is 3.09. The summed E-state index contributed by atoms with van der Waals surface area (Å²) in [4.78, 5) is 33.0. The topological polar surface area (TPSA) is 96.0 Å². The highest BCUT2D eigenvalue weighted by Gasteiger charge is 2.28. The minimum Gasteiger partial charge on any atom is -0.354 e. The first kappa shape index (κ1) is 29.8. The number of rotatable bonds is 16. The van der Waals surface area contributed by atoms with Gasteiger partial charge >= 0.3 is 0 Å². The van der Waals surface area contributed by atoms with Gasteiger partial charge in [0, 0.05) is 60.9 Å². The van der Waals surface area contributed by atoms with Crippen molar-refractivity contribution in [3.63, 3.8) is 0 Å². The van der Waals surface area contributed by atoms with Crippen LogP contribution in [0, 0.1) is 0 Å². The number of pyridine rings is 2. The van der Waals surface area contributed by atoms with Crippen LogP contribution in [0.3, 0.4) is 0 Å². The van der Waals surface area contributed by atoms with Gasteiger partial charge in [-0.05, 0) is 73.5 Å². The fraction of sp³-hybridized carbons (Fsp3) is 0.500. The van der Waals surface area contributed by atoms with E-state index in [1.165, 1.54) is 0 Å². The lowest BCUT2D eigenvalue weighted by Crippen LogP contribution is -2.60. The van der Waals surface area contributed by atoms with Gasteiger partial charge in [0.15, 0.2) is 0 Å². The van der Waals surface area contributed by atoms with E-state index in [0.29, 0.717) is 25.9 Å². The van der Waals surface area contributed by atoms with Crippen molar-refractivity contribution in [3.8, 4) is 0 Å². The molecule has 35 heavy (non-hydrogen) atoms. The molecule has 0 atom stereocenters. The molecule has 0 saturated heterocycles. The average molecular weight is 554 g/mol. The summed E-state index contributed by atoms with van der Waals surface area (Å²) in [7, 11) is 6.41. The molecule has 0 aromatic carbocycles. The predicted octanol–water partition coefficient (Wildman–Crippen LogP) is 4.82. The molecule has 0 aliphatic rings. The Kier molecular flexibility index (Phi) is 13.3. The predicted molar refractivity (Wildman–Crippen MR) is 152 cm³/mol. The molecule has 0 radical (unpaired) electrons. The molecule has 2 heterocycles. The summed E-state index contributed by atoms with van der Waals surface area (Å²) < 4.78 is 0. The lowest BCUT2D eigenvalue weighted by molar-refractivity contribution is -0.121. The van der Waals surface area contributed by atoms with Crippen molar-refractivity contribution in [2.75, 3.05) is 24.6 Å². The summed E-state index contributed by atoms with van der Waals surface area (Å²) in [5.41, 5.74) is -0.649. The Balaban J connectivity index is 1.58. The van der Waals surface area contributed by atoms with Crippen molar-refractivity contribution in [3.05, 3.63) is 48.8 Å². The summed E-state index contributed by atoms with van der Waals surface area (Å²) in [6, 6.07) is 11.6. The number of carbonyl (C=O) groups excluding carboxylic acids is 2. The summed E-state index contributed by atoms with van der Waals surface area (Å²) in [6.45, 7) is 9.20. The van der Waals surface area contributed by atoms with E-state index in [2.05, 4.69) is 25.9 Å². The van der Waals surface area contributed by atoms with Gasteiger partial charge in [0.2, 0.25) is 11.8 Å². The van der Waals surface area contributed by atoms with E-state index in [4.69, 9.17) is 0 Å². The van der Waals surface area contributed by atoms with Crippen molar-refractivity contribution in [1.82, 2.24) is 25.9 Å². The van der Waals surface area contributed by atoms with E-state index >= 15 is 0 Å². The van der Waals surface area contributed by atoms with E-state index in [9.17, 15) is 9.59 Å². The lowest BCUT2D eigenvalue weighted by atomic mass is 9.97. The van der Waals surface area contributed by atoms with E-state index < -0.39 is 0 Å². The number of hydrogen-bond donors (Lipinski definition) is 3. The van der Waals surface area contributed by atoms with Crippen molar-refractivity contribution < 1.29 is 9.59 Å². The molecule has 0 saturated carbocycles. The summed E-state index contributed by atoms with van der Waals surface area (Å²) >= 11 is 0. The maximum absolute atomic E-state index is 12.3. The number of nitrogens with zero attached hydrogens (tertiary/aromatic N) is 2. The molecular weight excluding hydrogens is 519 g/mol. The summed E-state index contributed by atoms with van der Waals surface area (Å²) in [5.74, 6) is 1.50. The van der Waals surface area contributed by atoms with Crippen LogP contribution in [0.15, 0.2) is 58.8 Å². The van der Waals surface area contributed by atoms with Crippen LogP contribution in [-0.2, 0) is 9.59 Å². The molecule has 3 N–H and O–H groups in total. The zero-order valence-corrected chi connectivity index (χ0v) is 24.0. The zero-order chi connectivity index (χ0) is 25.6. The van der Waals surface area contributed by atoms with Crippen LogP contribution in [0.25, 0.3) is 0 Å². The Hall–Kier alpha value is -1.40. The second kappa shape index (κ2) is 15.7. The van der Waals surface area contributed by atoms with E-state index in [0.717, 1.165) is 21.6 Å². The highest BCUT2D eigenvalue weighted by molar-refractivity contribution is 8.77. The SMILES string of the molecule is CC(C)(CNC(=O)CCSSc1ccccn1)NC(C)(C)CNC(=O)CCSSc1ccccn1. The van der Waals surface area contributed by atoms with Gasteiger partial charge in [-0.25, -0.2) is 9.97 Å². The van der Waals surface area contributed by atoms with Gasteiger partial charge in [-0.3, -0.25) is 9.59 Å². The zero-order valence-electron chi connectivity index (χ0n) is 20.7. The van der Waals surface area contributed by atoms with Crippen LogP contribution in [0.2, 0.25) is 0 Å². The molecule has 0 aliphatic heterocycles. The van der Waals surface area contributed by atoms with Crippen molar-refractivity contribution in [2.45, 2.75) is 61.7 Å². The monoisotopic (exact) mass is 553 g/mol. The van der Waals surface area contributed by atoms with Crippen molar-refractivity contribution in [1.29, 1.82) is 0 Å². The van der Waals surface area contributed by atoms with Crippen LogP contribution < -0.4 is 16.0 Å². The summed E-state index contributed by atoms with van der Waals surface area (Å²) in [6.07, 6.45) is 4.44. The van der Waals surface area contributed by atoms with Gasteiger partial charge in [-0.1, -0.05) is 33.7 Å². The molecule has 2 aromatic heterocycles. The Morgan fingerprint density at radius 2 is 1.17 bits per heavy atom.